The van der Waals surface area contributed by atoms with Crippen molar-refractivity contribution in [2.24, 2.45) is 5.92 Å². The van der Waals surface area contributed by atoms with Crippen molar-refractivity contribution in [2.75, 3.05) is 12.4 Å². The normalized spacial score (nSPS) is 11.9. The molecule has 0 spiro atoms. The van der Waals surface area contributed by atoms with Crippen LogP contribution < -0.4 is 4.74 Å². The minimum Gasteiger partial charge on any atom is -0.493 e. The van der Waals surface area contributed by atoms with Gasteiger partial charge in [0.15, 0.2) is 0 Å². The molecule has 0 aromatic heterocycles. The summed E-state index contributed by atoms with van der Waals surface area (Å²) in [5.41, 5.74) is 2.52. The Labute approximate surface area is 114 Å². The largest absolute Gasteiger partial charge is 0.493 e. The van der Waals surface area contributed by atoms with E-state index < -0.39 is 0 Å². The van der Waals surface area contributed by atoms with Crippen molar-refractivity contribution >= 4 is 11.8 Å². The van der Waals surface area contributed by atoms with E-state index in [0.29, 0.717) is 5.92 Å². The van der Waals surface area contributed by atoms with Crippen LogP contribution in [0.5, 0.6) is 5.75 Å². The summed E-state index contributed by atoms with van der Waals surface area (Å²) in [7, 11) is 0. The van der Waals surface area contributed by atoms with Crippen molar-refractivity contribution in [1.82, 2.24) is 0 Å². The van der Waals surface area contributed by atoms with Crippen LogP contribution in [0.3, 0.4) is 0 Å². The van der Waals surface area contributed by atoms with Gasteiger partial charge >= 0.3 is 0 Å². The number of thioether (sulfide) groups is 1. The molecule has 0 fully saturated rings. The second-order valence-corrected chi connectivity index (χ2v) is 5.48. The summed E-state index contributed by atoms with van der Waals surface area (Å²) >= 11 is 1.33. The Morgan fingerprint density at radius 1 is 1.44 bits per heavy atom. The lowest BCUT2D eigenvalue weighted by Crippen LogP contribution is -2.06. The van der Waals surface area contributed by atoms with Crippen LogP contribution in [0.1, 0.15) is 31.4 Å². The third-order valence-corrected chi connectivity index (χ3v) is 3.54. The number of benzene rings is 1. The summed E-state index contributed by atoms with van der Waals surface area (Å²) in [6.45, 7) is 7.15. The zero-order valence-electron chi connectivity index (χ0n) is 11.4. The molecule has 0 aliphatic heterocycles. The Kier molecular flexibility index (Phi) is 6.67. The average molecular weight is 263 g/mol. The molecule has 0 amide bonds. The van der Waals surface area contributed by atoms with E-state index in [1.165, 1.54) is 22.9 Å². The minimum atomic E-state index is 0.487. The van der Waals surface area contributed by atoms with Crippen LogP contribution in [0.4, 0.5) is 0 Å². The molecule has 1 rings (SSSR count). The van der Waals surface area contributed by atoms with Gasteiger partial charge in [-0.15, -0.1) is 0 Å². The highest BCUT2D eigenvalue weighted by molar-refractivity contribution is 8.03. The van der Waals surface area contributed by atoms with Gasteiger partial charge in [0.25, 0.3) is 0 Å². The lowest BCUT2D eigenvalue weighted by Gasteiger charge is -2.15. The maximum Gasteiger partial charge on any atom is 0.133 e. The summed E-state index contributed by atoms with van der Waals surface area (Å²) in [6.07, 6.45) is 1.99. The molecule has 98 valence electrons. The lowest BCUT2D eigenvalue weighted by molar-refractivity contribution is 0.313. The first-order chi connectivity index (χ1) is 8.67. The molecule has 0 aliphatic rings. The summed E-state index contributed by atoms with van der Waals surface area (Å²) in [6, 6.07) is 6.34. The van der Waals surface area contributed by atoms with Crippen molar-refractivity contribution < 1.29 is 4.74 Å². The standard InChI is InChI=1S/C15H21NOS/c1-4-7-17-15-6-5-12(2)8-14(15)9-13(3)10-18-11-16/h5-6,8,13H,4,7,9-10H2,1-3H3. The maximum absolute atomic E-state index is 8.58. The van der Waals surface area contributed by atoms with Gasteiger partial charge in [-0.3, -0.25) is 0 Å². The Morgan fingerprint density at radius 2 is 2.22 bits per heavy atom. The van der Waals surface area contributed by atoms with Crippen LogP contribution in [-0.2, 0) is 6.42 Å². The molecule has 2 nitrogen and oxygen atoms in total. The SMILES string of the molecule is CCCOc1ccc(C)cc1CC(C)CSC#N. The van der Waals surface area contributed by atoms with Gasteiger partial charge in [0.05, 0.1) is 6.61 Å². The summed E-state index contributed by atoms with van der Waals surface area (Å²) in [5, 5.41) is 10.7. The van der Waals surface area contributed by atoms with E-state index in [0.717, 1.165) is 31.0 Å². The van der Waals surface area contributed by atoms with Gasteiger partial charge in [0.1, 0.15) is 11.2 Å². The van der Waals surface area contributed by atoms with Crippen LogP contribution in [0.25, 0.3) is 0 Å². The van der Waals surface area contributed by atoms with Crippen molar-refractivity contribution in [3.05, 3.63) is 29.3 Å². The van der Waals surface area contributed by atoms with Crippen molar-refractivity contribution in [3.63, 3.8) is 0 Å². The van der Waals surface area contributed by atoms with Crippen LogP contribution in [0.15, 0.2) is 18.2 Å². The lowest BCUT2D eigenvalue weighted by atomic mass is 10.00. The predicted molar refractivity (Wildman–Crippen MR) is 77.9 cm³/mol. The molecule has 0 N–H and O–H groups in total. The first kappa shape index (κ1) is 14.9. The fourth-order valence-corrected chi connectivity index (χ4v) is 2.31. The number of nitrogens with zero attached hydrogens (tertiary/aromatic N) is 1. The highest BCUT2D eigenvalue weighted by Gasteiger charge is 2.09. The molecule has 0 aliphatic carbocycles. The summed E-state index contributed by atoms with van der Waals surface area (Å²) in [4.78, 5) is 0. The fraction of sp³-hybridized carbons (Fsp3) is 0.533. The molecule has 0 heterocycles. The topological polar surface area (TPSA) is 33.0 Å². The summed E-state index contributed by atoms with van der Waals surface area (Å²) in [5.74, 6) is 2.36. The smallest absolute Gasteiger partial charge is 0.133 e. The molecule has 0 radical (unpaired) electrons. The number of nitriles is 1. The predicted octanol–water partition coefficient (Wildman–Crippen LogP) is 4.18. The van der Waals surface area contributed by atoms with Crippen molar-refractivity contribution in [1.29, 1.82) is 5.26 Å². The van der Waals surface area contributed by atoms with E-state index in [2.05, 4.69) is 44.4 Å². The zero-order valence-corrected chi connectivity index (χ0v) is 12.2. The monoisotopic (exact) mass is 263 g/mol. The van der Waals surface area contributed by atoms with E-state index in [1.807, 2.05) is 0 Å². The first-order valence-corrected chi connectivity index (χ1v) is 7.39. The van der Waals surface area contributed by atoms with Gasteiger partial charge in [-0.2, -0.15) is 5.26 Å². The highest BCUT2D eigenvalue weighted by Crippen LogP contribution is 2.24. The number of aryl methyl sites for hydroxylation is 1. The quantitative estimate of drug-likeness (QED) is 0.692. The molecule has 3 heteroatoms. The van der Waals surface area contributed by atoms with Gasteiger partial charge in [-0.1, -0.05) is 31.5 Å². The van der Waals surface area contributed by atoms with Gasteiger partial charge in [0.2, 0.25) is 0 Å². The van der Waals surface area contributed by atoms with Crippen molar-refractivity contribution in [2.45, 2.75) is 33.6 Å². The van der Waals surface area contributed by atoms with E-state index >= 15 is 0 Å². The number of ether oxygens (including phenoxy) is 1. The van der Waals surface area contributed by atoms with E-state index in [9.17, 15) is 0 Å². The van der Waals surface area contributed by atoms with Gasteiger partial charge < -0.3 is 4.74 Å². The van der Waals surface area contributed by atoms with Crippen LogP contribution in [-0.4, -0.2) is 12.4 Å². The Morgan fingerprint density at radius 3 is 2.89 bits per heavy atom. The Bertz CT molecular complexity index is 411. The molecule has 0 saturated heterocycles. The van der Waals surface area contributed by atoms with Crippen LogP contribution in [0, 0.1) is 23.5 Å². The number of rotatable bonds is 7. The van der Waals surface area contributed by atoms with Gasteiger partial charge in [-0.05, 0) is 49.1 Å². The maximum atomic E-state index is 8.58. The molecule has 0 saturated carbocycles. The van der Waals surface area contributed by atoms with Crippen molar-refractivity contribution in [3.8, 4) is 11.2 Å². The highest BCUT2D eigenvalue weighted by atomic mass is 32.2. The van der Waals surface area contributed by atoms with Crippen LogP contribution >= 0.6 is 11.8 Å². The summed E-state index contributed by atoms with van der Waals surface area (Å²) < 4.78 is 5.77. The molecule has 1 aromatic rings. The number of hydrogen-bond donors (Lipinski definition) is 0. The van der Waals surface area contributed by atoms with E-state index in [4.69, 9.17) is 10.00 Å². The molecule has 18 heavy (non-hydrogen) atoms. The number of thiocyanates is 1. The molecular formula is C15H21NOS. The first-order valence-electron chi connectivity index (χ1n) is 6.40. The third-order valence-electron chi connectivity index (χ3n) is 2.68. The molecular weight excluding hydrogens is 242 g/mol. The second-order valence-electron chi connectivity index (χ2n) is 4.67. The third kappa shape index (κ3) is 5.01. The average Bonchev–Trinajstić information content (AvgIpc) is 2.35. The minimum absolute atomic E-state index is 0.487. The van der Waals surface area contributed by atoms with E-state index in [-0.39, 0.29) is 0 Å². The van der Waals surface area contributed by atoms with E-state index in [1.54, 1.807) is 0 Å². The fourth-order valence-electron chi connectivity index (χ4n) is 1.83. The number of hydrogen-bond acceptors (Lipinski definition) is 3. The van der Waals surface area contributed by atoms with Gasteiger partial charge in [0, 0.05) is 5.75 Å². The van der Waals surface area contributed by atoms with Gasteiger partial charge in [-0.25, -0.2) is 0 Å². The second kappa shape index (κ2) is 8.05. The Balaban J connectivity index is 2.72. The Hall–Kier alpha value is -1.14. The zero-order chi connectivity index (χ0) is 13.4. The van der Waals surface area contributed by atoms with Crippen LogP contribution in [0.2, 0.25) is 0 Å². The molecule has 0 bridgehead atoms. The molecule has 1 unspecified atom stereocenters. The molecule has 1 atom stereocenters. The molecule has 1 aromatic carbocycles.